The molecule has 0 aromatic carbocycles. The van der Waals surface area contributed by atoms with E-state index in [2.05, 4.69) is 39.9 Å². The Bertz CT molecular complexity index is 98.5. The van der Waals surface area contributed by atoms with E-state index >= 15 is 0 Å². The summed E-state index contributed by atoms with van der Waals surface area (Å²) in [5.74, 6) is 0. The van der Waals surface area contributed by atoms with Crippen molar-refractivity contribution in [2.75, 3.05) is 7.05 Å². The van der Waals surface area contributed by atoms with E-state index in [4.69, 9.17) is 0 Å². The van der Waals surface area contributed by atoms with Crippen LogP contribution in [0.25, 0.3) is 0 Å². The van der Waals surface area contributed by atoms with Crippen molar-refractivity contribution in [3.63, 3.8) is 0 Å². The molecule has 0 aliphatic heterocycles. The lowest BCUT2D eigenvalue weighted by Crippen LogP contribution is -2.39. The first-order valence-electron chi connectivity index (χ1n) is 6.96. The molecule has 0 radical (unpaired) electrons. The molecule has 0 fully saturated rings. The number of hydrogen-bond donors (Lipinski definition) is 1. The molecule has 0 saturated carbocycles. The average Bonchev–Trinajstić information content (AvgIpc) is 2.23. The van der Waals surface area contributed by atoms with Gasteiger partial charge in [-0.3, -0.25) is 0 Å². The molecular formula is C15H39N. The quantitative estimate of drug-likeness (QED) is 0.664. The molecule has 0 atom stereocenters. The molecule has 0 heterocycles. The van der Waals surface area contributed by atoms with Crippen LogP contribution in [0.4, 0.5) is 0 Å². The highest BCUT2D eigenvalue weighted by Gasteiger charge is 2.22. The largest absolute Gasteiger partial charge is 0.315 e. The molecule has 0 aromatic heterocycles. The molecule has 1 nitrogen and oxygen atoms in total. The number of hydrogen-bond acceptors (Lipinski definition) is 1. The van der Waals surface area contributed by atoms with Gasteiger partial charge in [0.1, 0.15) is 0 Å². The van der Waals surface area contributed by atoms with Crippen LogP contribution in [0.15, 0.2) is 0 Å². The minimum atomic E-state index is 0.276. The molecule has 1 N–H and O–H groups in total. The van der Waals surface area contributed by atoms with Gasteiger partial charge in [-0.15, -0.1) is 0 Å². The molecule has 0 saturated heterocycles. The van der Waals surface area contributed by atoms with Gasteiger partial charge in [-0.05, 0) is 32.7 Å². The predicted molar refractivity (Wildman–Crippen MR) is 81.3 cm³/mol. The van der Waals surface area contributed by atoms with Crippen molar-refractivity contribution >= 4 is 0 Å². The summed E-state index contributed by atoms with van der Waals surface area (Å²) in [6, 6.07) is 0. The second-order valence-corrected chi connectivity index (χ2v) is 4.87. The van der Waals surface area contributed by atoms with Crippen molar-refractivity contribution in [1.82, 2.24) is 5.32 Å². The minimum Gasteiger partial charge on any atom is -0.315 e. The van der Waals surface area contributed by atoms with Crippen molar-refractivity contribution < 1.29 is 0 Å². The lowest BCUT2D eigenvalue weighted by Gasteiger charge is -2.31. The SMILES string of the molecule is CC.CC.CC.CNC(C)(C)CC(C)(C)C. The maximum atomic E-state index is 3.30. The second-order valence-electron chi connectivity index (χ2n) is 4.87. The van der Waals surface area contributed by atoms with Gasteiger partial charge in [-0.2, -0.15) is 0 Å². The van der Waals surface area contributed by atoms with E-state index in [1.54, 1.807) is 0 Å². The highest BCUT2D eigenvalue weighted by Crippen LogP contribution is 2.26. The average molecular weight is 233 g/mol. The van der Waals surface area contributed by atoms with Crippen LogP contribution >= 0.6 is 0 Å². The first-order valence-corrected chi connectivity index (χ1v) is 6.96. The molecule has 1 heteroatoms. The van der Waals surface area contributed by atoms with E-state index in [0.717, 1.165) is 0 Å². The van der Waals surface area contributed by atoms with Gasteiger partial charge in [0.05, 0.1) is 0 Å². The summed E-state index contributed by atoms with van der Waals surface area (Å²) in [4.78, 5) is 0. The maximum Gasteiger partial charge on any atom is 0.0127 e. The van der Waals surface area contributed by atoms with E-state index in [0.29, 0.717) is 5.41 Å². The molecule has 0 aliphatic rings. The van der Waals surface area contributed by atoms with E-state index in [9.17, 15) is 0 Å². The predicted octanol–water partition coefficient (Wildman–Crippen LogP) is 5.50. The third-order valence-corrected chi connectivity index (χ3v) is 1.65. The van der Waals surface area contributed by atoms with E-state index < -0.39 is 0 Å². The lowest BCUT2D eigenvalue weighted by atomic mass is 9.82. The summed E-state index contributed by atoms with van der Waals surface area (Å²) < 4.78 is 0. The third kappa shape index (κ3) is 29.2. The van der Waals surface area contributed by atoms with Crippen molar-refractivity contribution in [2.24, 2.45) is 5.41 Å². The van der Waals surface area contributed by atoms with Crippen LogP contribution in [0.5, 0.6) is 0 Å². The Kier molecular flexibility index (Phi) is 23.3. The summed E-state index contributed by atoms with van der Waals surface area (Å²) in [6.07, 6.45) is 1.20. The monoisotopic (exact) mass is 233 g/mol. The number of rotatable bonds is 2. The zero-order valence-electron chi connectivity index (χ0n) is 14.2. The Morgan fingerprint density at radius 1 is 0.688 bits per heavy atom. The van der Waals surface area contributed by atoms with Crippen molar-refractivity contribution in [1.29, 1.82) is 0 Å². The van der Waals surface area contributed by atoms with E-state index in [1.165, 1.54) is 6.42 Å². The van der Waals surface area contributed by atoms with Gasteiger partial charge in [-0.1, -0.05) is 62.3 Å². The van der Waals surface area contributed by atoms with Crippen LogP contribution in [-0.2, 0) is 0 Å². The molecule has 0 aromatic rings. The van der Waals surface area contributed by atoms with Crippen LogP contribution in [0.3, 0.4) is 0 Å². The van der Waals surface area contributed by atoms with Gasteiger partial charge in [0.25, 0.3) is 0 Å². The molecule has 0 amide bonds. The van der Waals surface area contributed by atoms with Crippen molar-refractivity contribution in [3.8, 4) is 0 Å². The Morgan fingerprint density at radius 3 is 1.00 bits per heavy atom. The summed E-state index contributed by atoms with van der Waals surface area (Å²) in [6.45, 7) is 23.3. The van der Waals surface area contributed by atoms with Crippen molar-refractivity contribution in [3.05, 3.63) is 0 Å². The molecule has 0 bridgehead atoms. The molecule has 104 valence electrons. The fourth-order valence-electron chi connectivity index (χ4n) is 1.41. The second kappa shape index (κ2) is 15.0. The van der Waals surface area contributed by atoms with Gasteiger partial charge in [-0.25, -0.2) is 0 Å². The standard InChI is InChI=1S/C9H21N.3C2H6/c1-8(2,3)7-9(4,5)10-6;3*1-2/h10H,7H2,1-6H3;3*1-2H3. The Balaban J connectivity index is -0.000000103. The van der Waals surface area contributed by atoms with Gasteiger partial charge in [0.15, 0.2) is 0 Å². The molecule has 16 heavy (non-hydrogen) atoms. The van der Waals surface area contributed by atoms with Crippen LogP contribution in [-0.4, -0.2) is 12.6 Å². The van der Waals surface area contributed by atoms with Crippen molar-refractivity contribution in [2.45, 2.75) is 88.1 Å². The Hall–Kier alpha value is -0.0400. The first-order chi connectivity index (χ1) is 7.27. The zero-order valence-corrected chi connectivity index (χ0v) is 14.2. The Labute approximate surface area is 106 Å². The highest BCUT2D eigenvalue weighted by molar-refractivity contribution is 4.81. The fourth-order valence-corrected chi connectivity index (χ4v) is 1.41. The topological polar surface area (TPSA) is 12.0 Å². The van der Waals surface area contributed by atoms with Crippen LogP contribution in [0.2, 0.25) is 0 Å². The minimum absolute atomic E-state index is 0.276. The molecule has 0 aliphatic carbocycles. The van der Waals surface area contributed by atoms with Gasteiger partial charge < -0.3 is 5.32 Å². The van der Waals surface area contributed by atoms with Gasteiger partial charge in [0, 0.05) is 5.54 Å². The summed E-state index contributed by atoms with van der Waals surface area (Å²) in [5.41, 5.74) is 0.699. The molecule has 0 unspecified atom stereocenters. The summed E-state index contributed by atoms with van der Waals surface area (Å²) in [7, 11) is 2.02. The Morgan fingerprint density at radius 2 is 0.938 bits per heavy atom. The highest BCUT2D eigenvalue weighted by atomic mass is 14.9. The third-order valence-electron chi connectivity index (χ3n) is 1.65. The van der Waals surface area contributed by atoms with E-state index in [1.807, 2.05) is 48.6 Å². The van der Waals surface area contributed by atoms with E-state index in [-0.39, 0.29) is 5.54 Å². The smallest absolute Gasteiger partial charge is 0.0127 e. The van der Waals surface area contributed by atoms with Crippen LogP contribution < -0.4 is 5.32 Å². The number of nitrogens with one attached hydrogen (secondary N) is 1. The van der Waals surface area contributed by atoms with Crippen LogP contribution in [0, 0.1) is 5.41 Å². The maximum absolute atomic E-state index is 3.30. The molecule has 0 rings (SSSR count). The summed E-state index contributed by atoms with van der Waals surface area (Å²) in [5, 5.41) is 3.30. The summed E-state index contributed by atoms with van der Waals surface area (Å²) >= 11 is 0. The first kappa shape index (κ1) is 25.0. The molecular weight excluding hydrogens is 194 g/mol. The normalized spacial score (nSPS) is 9.75. The molecule has 0 spiro atoms. The van der Waals surface area contributed by atoms with Gasteiger partial charge >= 0.3 is 0 Å². The lowest BCUT2D eigenvalue weighted by molar-refractivity contribution is 0.254. The van der Waals surface area contributed by atoms with Gasteiger partial charge in [0.2, 0.25) is 0 Å². The van der Waals surface area contributed by atoms with Crippen LogP contribution in [0.1, 0.15) is 82.6 Å². The zero-order chi connectivity index (χ0) is 14.4. The fraction of sp³-hybridized carbons (Fsp3) is 1.00.